The van der Waals surface area contributed by atoms with Crippen molar-refractivity contribution in [1.29, 1.82) is 0 Å². The van der Waals surface area contributed by atoms with Crippen molar-refractivity contribution in [1.82, 2.24) is 20.2 Å². The monoisotopic (exact) mass is 298 g/mol. The van der Waals surface area contributed by atoms with Crippen LogP contribution in [0.4, 0.5) is 8.78 Å². The number of thioether (sulfide) groups is 1. The summed E-state index contributed by atoms with van der Waals surface area (Å²) in [6, 6.07) is 2.97. The minimum absolute atomic E-state index is 0.0831. The molecule has 0 spiro atoms. The van der Waals surface area contributed by atoms with Crippen LogP contribution in [-0.2, 0) is 6.54 Å². The van der Waals surface area contributed by atoms with E-state index in [0.717, 1.165) is 30.0 Å². The molecule has 106 valence electrons. The van der Waals surface area contributed by atoms with Gasteiger partial charge in [0.25, 0.3) is 0 Å². The van der Waals surface area contributed by atoms with Gasteiger partial charge in [0, 0.05) is 11.3 Å². The summed E-state index contributed by atoms with van der Waals surface area (Å²) >= 11 is 1.15. The molecular weight excluding hydrogens is 286 g/mol. The number of hydrogen-bond acceptors (Lipinski definition) is 5. The van der Waals surface area contributed by atoms with Crippen LogP contribution in [0.3, 0.4) is 0 Å². The second kappa shape index (κ2) is 6.58. The lowest BCUT2D eigenvalue weighted by atomic mass is 10.1. The van der Waals surface area contributed by atoms with E-state index in [-0.39, 0.29) is 11.3 Å². The molecule has 2 aromatic rings. The zero-order valence-electron chi connectivity index (χ0n) is 10.4. The highest BCUT2D eigenvalue weighted by Gasteiger charge is 2.16. The smallest absolute Gasteiger partial charge is 0.209 e. The van der Waals surface area contributed by atoms with Gasteiger partial charge in [0.1, 0.15) is 11.6 Å². The number of allylic oxidation sites excluding steroid dienone is 1. The van der Waals surface area contributed by atoms with E-state index in [1.165, 1.54) is 4.68 Å². The number of aliphatic hydroxyl groups is 1. The molecular formula is C12H12F2N4OS. The number of rotatable bonds is 6. The van der Waals surface area contributed by atoms with Crippen LogP contribution in [0.1, 0.15) is 11.7 Å². The molecule has 2 rings (SSSR count). The summed E-state index contributed by atoms with van der Waals surface area (Å²) in [7, 11) is 0. The average molecular weight is 298 g/mol. The van der Waals surface area contributed by atoms with Gasteiger partial charge in [-0.15, -0.1) is 11.7 Å². The number of benzene rings is 1. The average Bonchev–Trinajstić information content (AvgIpc) is 2.87. The second-order valence-corrected chi connectivity index (χ2v) is 4.91. The molecule has 0 aliphatic heterocycles. The highest BCUT2D eigenvalue weighted by Crippen LogP contribution is 2.25. The van der Waals surface area contributed by atoms with Gasteiger partial charge in [-0.2, -0.15) is 0 Å². The predicted octanol–water partition coefficient (Wildman–Crippen LogP) is 1.96. The van der Waals surface area contributed by atoms with E-state index in [9.17, 15) is 13.9 Å². The first kappa shape index (κ1) is 14.6. The molecule has 5 nitrogen and oxygen atoms in total. The molecule has 0 bridgehead atoms. The molecule has 1 aromatic carbocycles. The fourth-order valence-corrected chi connectivity index (χ4v) is 2.39. The Hall–Kier alpha value is -1.80. The summed E-state index contributed by atoms with van der Waals surface area (Å²) in [6.07, 6.45) is 0.480. The van der Waals surface area contributed by atoms with E-state index in [1.807, 2.05) is 0 Å². The fourth-order valence-electron chi connectivity index (χ4n) is 1.55. The molecule has 1 heterocycles. The van der Waals surface area contributed by atoms with Gasteiger partial charge in [-0.05, 0) is 28.6 Å². The third kappa shape index (κ3) is 3.40. The third-order valence-corrected chi connectivity index (χ3v) is 3.52. The van der Waals surface area contributed by atoms with Crippen molar-refractivity contribution < 1.29 is 13.9 Å². The fraction of sp³-hybridized carbons (Fsp3) is 0.250. The van der Waals surface area contributed by atoms with Crippen molar-refractivity contribution in [2.24, 2.45) is 0 Å². The van der Waals surface area contributed by atoms with Gasteiger partial charge < -0.3 is 5.11 Å². The predicted molar refractivity (Wildman–Crippen MR) is 70.1 cm³/mol. The molecule has 0 fully saturated rings. The molecule has 1 unspecified atom stereocenters. The summed E-state index contributed by atoms with van der Waals surface area (Å²) in [5.74, 6) is -1.13. The summed E-state index contributed by atoms with van der Waals surface area (Å²) in [6.45, 7) is 4.00. The lowest BCUT2D eigenvalue weighted by Gasteiger charge is -2.11. The molecule has 0 radical (unpaired) electrons. The Balaban J connectivity index is 2.04. The number of tetrazole rings is 1. The molecule has 20 heavy (non-hydrogen) atoms. The summed E-state index contributed by atoms with van der Waals surface area (Å²) in [4.78, 5) is 0. The highest BCUT2D eigenvalue weighted by atomic mass is 32.2. The molecule has 0 aliphatic rings. The maximum Gasteiger partial charge on any atom is 0.209 e. The van der Waals surface area contributed by atoms with E-state index in [2.05, 4.69) is 22.1 Å². The van der Waals surface area contributed by atoms with E-state index in [1.54, 1.807) is 6.08 Å². The van der Waals surface area contributed by atoms with Gasteiger partial charge in [0.05, 0.1) is 12.6 Å². The molecule has 1 atom stereocenters. The van der Waals surface area contributed by atoms with Crippen LogP contribution in [-0.4, -0.2) is 31.1 Å². The molecule has 0 saturated heterocycles. The topological polar surface area (TPSA) is 63.8 Å². The first-order valence-corrected chi connectivity index (χ1v) is 6.73. The van der Waals surface area contributed by atoms with Crippen molar-refractivity contribution >= 4 is 11.8 Å². The zero-order valence-corrected chi connectivity index (χ0v) is 11.2. The standard InChI is InChI=1S/C12H12F2N4OS/c1-2-5-18-12(15-16-17-18)20-7-11(19)9-6-8(13)3-4-10(9)14/h2-4,6,11,19H,1,5,7H2. The largest absolute Gasteiger partial charge is 0.387 e. The van der Waals surface area contributed by atoms with Crippen LogP contribution in [0.15, 0.2) is 36.0 Å². The Kier molecular flexibility index (Phi) is 4.80. The van der Waals surface area contributed by atoms with Crippen molar-refractivity contribution in [2.45, 2.75) is 17.8 Å². The minimum atomic E-state index is -1.15. The first-order chi connectivity index (χ1) is 9.61. The summed E-state index contributed by atoms with van der Waals surface area (Å²) < 4.78 is 28.0. The van der Waals surface area contributed by atoms with Crippen LogP contribution in [0, 0.1) is 11.6 Å². The SMILES string of the molecule is C=CCn1nnnc1SCC(O)c1cc(F)ccc1F. The van der Waals surface area contributed by atoms with E-state index >= 15 is 0 Å². The lowest BCUT2D eigenvalue weighted by molar-refractivity contribution is 0.198. The highest BCUT2D eigenvalue weighted by molar-refractivity contribution is 7.99. The number of halogens is 2. The first-order valence-electron chi connectivity index (χ1n) is 5.74. The van der Waals surface area contributed by atoms with E-state index in [0.29, 0.717) is 11.7 Å². The molecule has 0 saturated carbocycles. The molecule has 1 aromatic heterocycles. The van der Waals surface area contributed by atoms with Gasteiger partial charge >= 0.3 is 0 Å². The van der Waals surface area contributed by atoms with Gasteiger partial charge in [-0.25, -0.2) is 13.5 Å². The van der Waals surface area contributed by atoms with Crippen LogP contribution in [0.25, 0.3) is 0 Å². The van der Waals surface area contributed by atoms with Crippen LogP contribution in [0.5, 0.6) is 0 Å². The quantitative estimate of drug-likeness (QED) is 0.652. The Morgan fingerprint density at radius 1 is 1.45 bits per heavy atom. The zero-order chi connectivity index (χ0) is 14.5. The maximum atomic E-state index is 13.5. The molecule has 0 aliphatic carbocycles. The van der Waals surface area contributed by atoms with Crippen LogP contribution < -0.4 is 0 Å². The summed E-state index contributed by atoms with van der Waals surface area (Å²) in [5.41, 5.74) is -0.0831. The number of aromatic nitrogens is 4. The van der Waals surface area contributed by atoms with Gasteiger partial charge in [-0.3, -0.25) is 0 Å². The summed E-state index contributed by atoms with van der Waals surface area (Å²) in [5, 5.41) is 21.4. The van der Waals surface area contributed by atoms with E-state index < -0.39 is 17.7 Å². The van der Waals surface area contributed by atoms with Crippen molar-refractivity contribution in [3.8, 4) is 0 Å². The Morgan fingerprint density at radius 2 is 2.25 bits per heavy atom. The second-order valence-electron chi connectivity index (χ2n) is 3.92. The lowest BCUT2D eigenvalue weighted by Crippen LogP contribution is -2.06. The third-order valence-electron chi connectivity index (χ3n) is 2.49. The molecule has 8 heteroatoms. The number of nitrogens with zero attached hydrogens (tertiary/aromatic N) is 4. The van der Waals surface area contributed by atoms with Crippen molar-refractivity contribution in [2.75, 3.05) is 5.75 Å². The Morgan fingerprint density at radius 3 is 3.00 bits per heavy atom. The maximum absolute atomic E-state index is 13.5. The van der Waals surface area contributed by atoms with E-state index in [4.69, 9.17) is 0 Å². The van der Waals surface area contributed by atoms with Crippen molar-refractivity contribution in [3.63, 3.8) is 0 Å². The number of hydrogen-bond donors (Lipinski definition) is 1. The molecule has 1 N–H and O–H groups in total. The van der Waals surface area contributed by atoms with Crippen LogP contribution in [0.2, 0.25) is 0 Å². The Bertz CT molecular complexity index is 605. The van der Waals surface area contributed by atoms with Gasteiger partial charge in [-0.1, -0.05) is 17.8 Å². The van der Waals surface area contributed by atoms with Crippen molar-refractivity contribution in [3.05, 3.63) is 48.1 Å². The normalized spacial score (nSPS) is 12.3. The van der Waals surface area contributed by atoms with Crippen LogP contribution >= 0.6 is 11.8 Å². The Labute approximate surface area is 118 Å². The van der Waals surface area contributed by atoms with Gasteiger partial charge in [0.15, 0.2) is 0 Å². The number of aliphatic hydroxyl groups excluding tert-OH is 1. The minimum Gasteiger partial charge on any atom is -0.387 e. The molecule has 0 amide bonds. The van der Waals surface area contributed by atoms with Gasteiger partial charge in [0.2, 0.25) is 5.16 Å².